The van der Waals surface area contributed by atoms with E-state index in [9.17, 15) is 20.0 Å². The number of nitrogens with zero attached hydrogens (tertiary/aromatic N) is 1. The minimum absolute atomic E-state index is 0.0308. The molecule has 3 N–H and O–H groups in total. The zero-order valence-electron chi connectivity index (χ0n) is 16.6. The van der Waals surface area contributed by atoms with E-state index in [0.717, 1.165) is 12.8 Å². The summed E-state index contributed by atoms with van der Waals surface area (Å²) in [5, 5.41) is 24.8. The van der Waals surface area contributed by atoms with E-state index in [1.165, 1.54) is 12.1 Å². The molecule has 1 fully saturated rings. The van der Waals surface area contributed by atoms with Gasteiger partial charge < -0.3 is 20.5 Å². The van der Waals surface area contributed by atoms with Crippen molar-refractivity contribution in [2.75, 3.05) is 6.61 Å². The minimum atomic E-state index is -0.871. The van der Waals surface area contributed by atoms with Gasteiger partial charge in [-0.25, -0.2) is 0 Å². The van der Waals surface area contributed by atoms with Crippen molar-refractivity contribution < 1.29 is 19.4 Å². The number of nitriles is 1. The number of aromatic hydroxyl groups is 1. The van der Waals surface area contributed by atoms with E-state index < -0.39 is 12.0 Å². The number of carbonyl (C=O) groups excluding carboxylic acids is 2. The molecule has 2 amide bonds. The van der Waals surface area contributed by atoms with Crippen molar-refractivity contribution in [1.82, 2.24) is 10.6 Å². The smallest absolute Gasteiger partial charge is 0.258 e. The highest BCUT2D eigenvalue weighted by Crippen LogP contribution is 2.26. The second-order valence-corrected chi connectivity index (χ2v) is 7.33. The molecule has 7 nitrogen and oxygen atoms in total. The van der Waals surface area contributed by atoms with Crippen LogP contribution in [0, 0.1) is 17.2 Å². The van der Waals surface area contributed by atoms with E-state index in [1.54, 1.807) is 24.3 Å². The lowest BCUT2D eigenvalue weighted by molar-refractivity contribution is -0.129. The second-order valence-electron chi connectivity index (χ2n) is 7.33. The molecular weight excluding hydrogens is 382 g/mol. The standard InChI is InChI=1S/C23H25N3O4/c24-14-21(16-7-6-8-17(27)13-16)26-23(29)19-11-4-5-12-20(19)25-22(28)15-30-18-9-2-1-3-10-18/h1-3,6-10,13,19-21,27H,4-5,11-12,15H2,(H,25,28)(H,26,29)/t19-,20-,21?/m1/s1. The number of rotatable bonds is 7. The van der Waals surface area contributed by atoms with E-state index in [4.69, 9.17) is 4.74 Å². The molecule has 0 spiro atoms. The third kappa shape index (κ3) is 5.74. The average Bonchev–Trinajstić information content (AvgIpc) is 2.77. The maximum absolute atomic E-state index is 12.9. The Morgan fingerprint density at radius 2 is 1.90 bits per heavy atom. The first kappa shape index (κ1) is 21.2. The maximum atomic E-state index is 12.9. The van der Waals surface area contributed by atoms with Gasteiger partial charge in [0.15, 0.2) is 6.61 Å². The molecule has 1 saturated carbocycles. The summed E-state index contributed by atoms with van der Waals surface area (Å²) in [5.74, 6) is -0.350. The first-order valence-electron chi connectivity index (χ1n) is 10.0. The zero-order valence-corrected chi connectivity index (χ0v) is 16.6. The fourth-order valence-corrected chi connectivity index (χ4v) is 3.68. The summed E-state index contributed by atoms with van der Waals surface area (Å²) >= 11 is 0. The van der Waals surface area contributed by atoms with Crippen LogP contribution in [0.25, 0.3) is 0 Å². The van der Waals surface area contributed by atoms with Gasteiger partial charge in [-0.1, -0.05) is 43.2 Å². The monoisotopic (exact) mass is 407 g/mol. The van der Waals surface area contributed by atoms with Gasteiger partial charge in [0.1, 0.15) is 17.5 Å². The minimum Gasteiger partial charge on any atom is -0.508 e. The van der Waals surface area contributed by atoms with E-state index in [1.807, 2.05) is 18.2 Å². The van der Waals surface area contributed by atoms with Crippen LogP contribution in [0.3, 0.4) is 0 Å². The molecule has 0 heterocycles. The SMILES string of the molecule is N#CC(NC(=O)[C@@H]1CCCC[C@H]1NC(=O)COc1ccccc1)c1cccc(O)c1. The molecule has 156 valence electrons. The van der Waals surface area contributed by atoms with Crippen molar-refractivity contribution in [3.05, 3.63) is 60.2 Å². The molecule has 30 heavy (non-hydrogen) atoms. The average molecular weight is 407 g/mol. The Bertz CT molecular complexity index is 910. The van der Waals surface area contributed by atoms with Crippen LogP contribution in [0.2, 0.25) is 0 Å². The first-order valence-corrected chi connectivity index (χ1v) is 10.0. The Kier molecular flexibility index (Phi) is 7.28. The molecule has 0 radical (unpaired) electrons. The van der Waals surface area contributed by atoms with Gasteiger partial charge in [0.2, 0.25) is 5.91 Å². The third-order valence-electron chi connectivity index (χ3n) is 5.18. The number of para-hydroxylation sites is 1. The van der Waals surface area contributed by atoms with Gasteiger partial charge in [0.05, 0.1) is 12.0 Å². The van der Waals surface area contributed by atoms with Crippen molar-refractivity contribution in [2.24, 2.45) is 5.92 Å². The first-order chi connectivity index (χ1) is 14.6. The molecule has 0 aromatic heterocycles. The van der Waals surface area contributed by atoms with Crippen LogP contribution in [0.4, 0.5) is 0 Å². The summed E-state index contributed by atoms with van der Waals surface area (Å²) in [5.41, 5.74) is 0.513. The van der Waals surface area contributed by atoms with Crippen LogP contribution in [0.5, 0.6) is 11.5 Å². The van der Waals surface area contributed by atoms with Crippen LogP contribution < -0.4 is 15.4 Å². The van der Waals surface area contributed by atoms with Crippen molar-refractivity contribution in [3.8, 4) is 17.6 Å². The third-order valence-corrected chi connectivity index (χ3v) is 5.18. The highest BCUT2D eigenvalue weighted by molar-refractivity contribution is 5.83. The molecule has 2 aromatic carbocycles. The summed E-state index contributed by atoms with van der Waals surface area (Å²) in [7, 11) is 0. The number of hydrogen-bond donors (Lipinski definition) is 3. The topological polar surface area (TPSA) is 111 Å². The number of ether oxygens (including phenoxy) is 1. The van der Waals surface area contributed by atoms with Crippen LogP contribution in [0.1, 0.15) is 37.3 Å². The number of carbonyl (C=O) groups is 2. The maximum Gasteiger partial charge on any atom is 0.258 e. The van der Waals surface area contributed by atoms with Gasteiger partial charge in [0, 0.05) is 6.04 Å². The molecule has 1 aliphatic rings. The molecule has 0 saturated heterocycles. The van der Waals surface area contributed by atoms with E-state index in [2.05, 4.69) is 16.7 Å². The molecule has 1 unspecified atom stereocenters. The van der Waals surface area contributed by atoms with E-state index in [0.29, 0.717) is 24.2 Å². The Morgan fingerprint density at radius 1 is 1.13 bits per heavy atom. The molecule has 3 rings (SSSR count). The Morgan fingerprint density at radius 3 is 2.63 bits per heavy atom. The van der Waals surface area contributed by atoms with Gasteiger partial charge in [0.25, 0.3) is 5.91 Å². The lowest BCUT2D eigenvalue weighted by Gasteiger charge is -2.31. The van der Waals surface area contributed by atoms with Crippen molar-refractivity contribution in [3.63, 3.8) is 0 Å². The number of amides is 2. The van der Waals surface area contributed by atoms with Crippen LogP contribution in [-0.2, 0) is 9.59 Å². The summed E-state index contributed by atoms with van der Waals surface area (Å²) in [6.45, 7) is -0.126. The van der Waals surface area contributed by atoms with Gasteiger partial charge in [-0.05, 0) is 42.7 Å². The highest BCUT2D eigenvalue weighted by atomic mass is 16.5. The van der Waals surface area contributed by atoms with E-state index >= 15 is 0 Å². The quantitative estimate of drug-likeness (QED) is 0.653. The number of nitrogens with one attached hydrogen (secondary N) is 2. The molecular formula is C23H25N3O4. The Labute approximate surface area is 175 Å². The molecule has 2 aromatic rings. The summed E-state index contributed by atoms with van der Waals surface area (Å²) in [4.78, 5) is 25.2. The van der Waals surface area contributed by atoms with Gasteiger partial charge in [-0.15, -0.1) is 0 Å². The van der Waals surface area contributed by atoms with Crippen molar-refractivity contribution in [2.45, 2.75) is 37.8 Å². The fraction of sp³-hybridized carbons (Fsp3) is 0.348. The molecule has 7 heteroatoms. The van der Waals surface area contributed by atoms with Crippen LogP contribution in [-0.4, -0.2) is 29.6 Å². The molecule has 0 aliphatic heterocycles. The van der Waals surface area contributed by atoms with Gasteiger partial charge >= 0.3 is 0 Å². The number of phenolic OH excluding ortho intramolecular Hbond substituents is 1. The normalized spacial score (nSPS) is 19.2. The lowest BCUT2D eigenvalue weighted by atomic mass is 9.83. The van der Waals surface area contributed by atoms with Crippen molar-refractivity contribution >= 4 is 11.8 Å². The molecule has 0 bridgehead atoms. The predicted octanol–water partition coefficient (Wildman–Crippen LogP) is 2.83. The summed E-state index contributed by atoms with van der Waals surface area (Å²) in [6, 6.07) is 16.2. The van der Waals surface area contributed by atoms with Gasteiger partial charge in [-0.3, -0.25) is 9.59 Å². The summed E-state index contributed by atoms with van der Waals surface area (Å²) < 4.78 is 5.48. The second kappa shape index (κ2) is 10.3. The largest absolute Gasteiger partial charge is 0.508 e. The number of phenols is 1. The lowest BCUT2D eigenvalue weighted by Crippen LogP contribution is -2.49. The number of hydrogen-bond acceptors (Lipinski definition) is 5. The van der Waals surface area contributed by atoms with Gasteiger partial charge in [-0.2, -0.15) is 5.26 Å². The molecule has 3 atom stereocenters. The fourth-order valence-electron chi connectivity index (χ4n) is 3.68. The Balaban J connectivity index is 1.59. The van der Waals surface area contributed by atoms with E-state index in [-0.39, 0.29) is 30.2 Å². The number of benzene rings is 2. The Hall–Kier alpha value is -3.53. The van der Waals surface area contributed by atoms with Crippen molar-refractivity contribution in [1.29, 1.82) is 5.26 Å². The van der Waals surface area contributed by atoms with Crippen LogP contribution in [0.15, 0.2) is 54.6 Å². The predicted molar refractivity (Wildman–Crippen MR) is 110 cm³/mol. The highest BCUT2D eigenvalue weighted by Gasteiger charge is 2.33. The molecule has 1 aliphatic carbocycles. The zero-order chi connectivity index (χ0) is 21.3. The summed E-state index contributed by atoms with van der Waals surface area (Å²) in [6.07, 6.45) is 3.13. The van der Waals surface area contributed by atoms with Crippen LogP contribution >= 0.6 is 0 Å².